The molecule has 0 aliphatic carbocycles. The molecule has 564 valence electrons. The molecule has 0 fully saturated rings. The molecule has 16 bridgehead atoms. The van der Waals surface area contributed by atoms with E-state index in [0.717, 1.165) is 179 Å². The van der Waals surface area contributed by atoms with Gasteiger partial charge in [-0.05, 0) is 351 Å². The minimum atomic E-state index is 0.650. The number of aromatic nitrogens is 8. The van der Waals surface area contributed by atoms with E-state index < -0.39 is 0 Å². The Morgan fingerprint density at radius 1 is 0.183 bits per heavy atom. The van der Waals surface area contributed by atoms with E-state index in [1.165, 1.54) is 111 Å². The molecule has 8 aromatic carbocycles. The van der Waals surface area contributed by atoms with Crippen LogP contribution in [-0.4, -0.2) is 39.9 Å². The molecule has 0 spiro atoms. The number of rotatable bonds is 10. The van der Waals surface area contributed by atoms with Gasteiger partial charge in [0.25, 0.3) is 0 Å². The molecule has 14 aromatic rings. The minimum Gasteiger partial charge on any atom is -0.354 e. The van der Waals surface area contributed by atoms with Crippen LogP contribution in [0.25, 0.3) is 182 Å². The van der Waals surface area contributed by atoms with Crippen molar-refractivity contribution in [1.29, 1.82) is 0 Å². The molecule has 18 rings (SSSR count). The van der Waals surface area contributed by atoms with Gasteiger partial charge in [0.05, 0.1) is 45.6 Å². The maximum absolute atomic E-state index is 5.85. The highest BCUT2D eigenvalue weighted by molar-refractivity contribution is 6.05. The third-order valence-corrected chi connectivity index (χ3v) is 23.9. The van der Waals surface area contributed by atoms with Gasteiger partial charge in [0.15, 0.2) is 0 Å². The number of benzene rings is 8. The van der Waals surface area contributed by atoms with Crippen LogP contribution in [0.1, 0.15) is 157 Å². The summed E-state index contributed by atoms with van der Waals surface area (Å²) in [5.41, 5.74) is 56.3. The number of aryl methyl sites for hydroxylation is 18. The van der Waals surface area contributed by atoms with Crippen molar-refractivity contribution in [2.75, 3.05) is 0 Å². The highest BCUT2D eigenvalue weighted by atomic mass is 14.8. The Balaban J connectivity index is 0.858. The molecule has 10 heterocycles. The molecular weight excluding hydrogens is 1400 g/mol. The van der Waals surface area contributed by atoms with Crippen LogP contribution in [0.5, 0.6) is 0 Å². The third-order valence-electron chi connectivity index (χ3n) is 23.9. The predicted octanol–water partition coefficient (Wildman–Crippen LogP) is 28.1. The Kier molecular flexibility index (Phi) is 18.2. The first-order chi connectivity index (χ1) is 55.3. The number of hydrogen-bond acceptors (Lipinski definition) is 4. The fraction of sp³-hybridized carbons (Fsp3) is 0.178. The fourth-order valence-electron chi connectivity index (χ4n) is 20.0. The lowest BCUT2D eigenvalue weighted by atomic mass is 9.92. The zero-order chi connectivity index (χ0) is 79.8. The highest BCUT2D eigenvalue weighted by Crippen LogP contribution is 2.47. The van der Waals surface area contributed by atoms with E-state index in [4.69, 9.17) is 19.9 Å². The first-order valence-electron chi connectivity index (χ1n) is 40.4. The molecule has 0 unspecified atom stereocenters. The van der Waals surface area contributed by atoms with Crippen molar-refractivity contribution in [2.45, 2.75) is 131 Å². The zero-order valence-electron chi connectivity index (χ0n) is 69.3. The predicted molar refractivity (Wildman–Crippen MR) is 489 cm³/mol. The van der Waals surface area contributed by atoms with Crippen molar-refractivity contribution in [3.63, 3.8) is 0 Å². The summed E-state index contributed by atoms with van der Waals surface area (Å²) in [6.45, 7) is 39.9. The summed E-state index contributed by atoms with van der Waals surface area (Å²) in [7, 11) is 0. The topological polar surface area (TPSA) is 115 Å². The number of nitrogens with one attached hydrogen (secondary N) is 4. The van der Waals surface area contributed by atoms with Crippen LogP contribution in [0.4, 0.5) is 0 Å². The first-order valence-corrected chi connectivity index (χ1v) is 40.4. The number of H-pyrrole nitrogens is 4. The Hall–Kier alpha value is -13.0. The van der Waals surface area contributed by atoms with Gasteiger partial charge in [-0.3, -0.25) is 0 Å². The van der Waals surface area contributed by atoms with Gasteiger partial charge in [0.2, 0.25) is 0 Å². The second kappa shape index (κ2) is 28.6. The third kappa shape index (κ3) is 13.1. The summed E-state index contributed by atoms with van der Waals surface area (Å²) in [6, 6.07) is 63.8. The zero-order valence-corrected chi connectivity index (χ0v) is 69.3. The summed E-state index contributed by atoms with van der Waals surface area (Å²) < 4.78 is 0. The van der Waals surface area contributed by atoms with Crippen molar-refractivity contribution in [2.24, 2.45) is 0 Å². The highest BCUT2D eigenvalue weighted by Gasteiger charge is 2.27. The Morgan fingerprint density at radius 2 is 0.348 bits per heavy atom. The minimum absolute atomic E-state index is 0.650. The maximum Gasteiger partial charge on any atom is 0.0737 e. The van der Waals surface area contributed by atoms with Crippen LogP contribution in [0.3, 0.4) is 0 Å². The second-order valence-electron chi connectivity index (χ2n) is 33.2. The molecule has 0 atom stereocenters. The average Bonchev–Trinajstić information content (AvgIpc) is 1.61. The smallest absolute Gasteiger partial charge is 0.0737 e. The quantitative estimate of drug-likeness (QED) is 0.109. The van der Waals surface area contributed by atoms with Crippen LogP contribution in [0.2, 0.25) is 0 Å². The molecule has 8 nitrogen and oxygen atoms in total. The van der Waals surface area contributed by atoms with Gasteiger partial charge in [-0.15, -0.1) is 0 Å². The van der Waals surface area contributed by atoms with E-state index in [0.29, 0.717) is 6.42 Å². The van der Waals surface area contributed by atoms with Gasteiger partial charge in [-0.2, -0.15) is 0 Å². The van der Waals surface area contributed by atoms with Crippen LogP contribution in [0, 0.1) is 125 Å². The van der Waals surface area contributed by atoms with Gasteiger partial charge >= 0.3 is 0 Å². The van der Waals surface area contributed by atoms with E-state index in [2.05, 4.69) is 363 Å². The standard InChI is InChI=1S/C107H96N8/c1-56-41-62(7)94(63(8)42-56)102-82-29-25-78(108-82)100(79-26-30-83(109-79)103(95-64(9)43-57(2)44-65(95)10)87-34-38-91(113-87)106(90-37-33-86(102)112-90)98-70(15)49-60(5)50-71(98)16)76-23-19-21-74(54-76)53-75-22-20-24-77(55-75)101-80-27-31-84(110-80)104(96-66(11)45-58(3)46-67(96)12)88-35-39-92(114-88)107(99-72(17)51-61(6)52-73(99)18)93-40-36-89(115-93)105(85-32-28-81(101)111-85)97-68(13)47-59(4)48-69(97)14/h19-52,54-55,108,110,113,115H,53H2,1-18H3. The monoisotopic (exact) mass is 1490 g/mol. The van der Waals surface area contributed by atoms with Crippen LogP contribution >= 0.6 is 0 Å². The summed E-state index contributed by atoms with van der Waals surface area (Å²) in [5.74, 6) is 0. The van der Waals surface area contributed by atoms with Crippen LogP contribution in [0.15, 0.2) is 170 Å². The second-order valence-corrected chi connectivity index (χ2v) is 33.2. The summed E-state index contributed by atoms with van der Waals surface area (Å²) >= 11 is 0. The molecule has 4 aliphatic rings. The van der Waals surface area contributed by atoms with E-state index in [9.17, 15) is 0 Å². The molecule has 0 amide bonds. The van der Waals surface area contributed by atoms with E-state index >= 15 is 0 Å². The summed E-state index contributed by atoms with van der Waals surface area (Å²) in [5, 5.41) is 0. The molecular formula is C107H96N8. The Morgan fingerprint density at radius 3 is 0.530 bits per heavy atom. The molecule has 8 heteroatoms. The van der Waals surface area contributed by atoms with Crippen molar-refractivity contribution in [3.8, 4) is 89.0 Å². The molecule has 6 aromatic heterocycles. The first kappa shape index (κ1) is 73.4. The number of aromatic amines is 4. The van der Waals surface area contributed by atoms with Gasteiger partial charge in [-0.1, -0.05) is 155 Å². The van der Waals surface area contributed by atoms with E-state index in [1.807, 2.05) is 0 Å². The summed E-state index contributed by atoms with van der Waals surface area (Å²) in [6.07, 6.45) is 18.4. The molecule has 0 radical (unpaired) electrons. The normalized spacial score (nSPS) is 12.3. The molecule has 115 heavy (non-hydrogen) atoms. The SMILES string of the molecule is Cc1cc(C)c(-c2c3nc(c(-c4c(C)cc(C)cc4C)c4ccc([nH]4)c(-c4c(C)cc(C)cc4C)c4nc(c(-c5cccc(Cc6cccc(-c7c8nc(c(-c9c(C)cc(C)cc9C)c9ccc([nH]9)c(-c9c(C)cc(C)cc9C)c9nc(c(-c%10c(C)cc(C)cc%10C)c%10ccc7[nH]%10)C=C9)C=C8)c6)c5)c5ccc2[nH]5)C=C4)C=C3)c(C)c1. The van der Waals surface area contributed by atoms with Gasteiger partial charge in [-0.25, -0.2) is 19.9 Å². The van der Waals surface area contributed by atoms with Crippen LogP contribution < -0.4 is 0 Å². The van der Waals surface area contributed by atoms with Crippen molar-refractivity contribution < 1.29 is 0 Å². The largest absolute Gasteiger partial charge is 0.354 e. The van der Waals surface area contributed by atoms with Crippen molar-refractivity contribution in [3.05, 3.63) is 327 Å². The molecule has 4 N–H and O–H groups in total. The number of hydrogen-bond donors (Lipinski definition) is 4. The molecule has 0 saturated carbocycles. The van der Waals surface area contributed by atoms with Gasteiger partial charge in [0.1, 0.15) is 0 Å². The lowest BCUT2D eigenvalue weighted by Crippen LogP contribution is -1.96. The summed E-state index contributed by atoms with van der Waals surface area (Å²) in [4.78, 5) is 39.6. The average molecular weight is 1490 g/mol. The molecule has 4 aliphatic heterocycles. The van der Waals surface area contributed by atoms with Gasteiger partial charge < -0.3 is 19.9 Å². The lowest BCUT2D eigenvalue weighted by molar-refractivity contribution is 1.19. The van der Waals surface area contributed by atoms with Gasteiger partial charge in [0, 0.05) is 88.6 Å². The van der Waals surface area contributed by atoms with E-state index in [-0.39, 0.29) is 0 Å². The number of fused-ring (bicyclic) bond motifs is 16. The lowest BCUT2D eigenvalue weighted by Gasteiger charge is -2.14. The van der Waals surface area contributed by atoms with Crippen molar-refractivity contribution >= 4 is 92.7 Å². The van der Waals surface area contributed by atoms with Crippen molar-refractivity contribution in [1.82, 2.24) is 39.9 Å². The number of nitrogens with zero attached hydrogens (tertiary/aromatic N) is 4. The Labute approximate surface area is 675 Å². The van der Waals surface area contributed by atoms with E-state index in [1.54, 1.807) is 0 Å². The maximum atomic E-state index is 5.85. The Bertz CT molecular complexity index is 6400. The fourth-order valence-corrected chi connectivity index (χ4v) is 20.0. The van der Waals surface area contributed by atoms with Crippen LogP contribution in [-0.2, 0) is 6.42 Å². The molecule has 0 saturated heterocycles.